The van der Waals surface area contributed by atoms with Gasteiger partial charge in [0.15, 0.2) is 0 Å². The fraction of sp³-hybridized carbons (Fsp3) is 0.0435. The number of aliphatic hydroxyl groups excluding tert-OH is 1. The fourth-order valence-electron chi connectivity index (χ4n) is 3.46. The van der Waals surface area contributed by atoms with Crippen molar-refractivity contribution in [2.24, 2.45) is 0 Å². The molecule has 30 heavy (non-hydrogen) atoms. The Balaban J connectivity index is 1.95. The zero-order valence-electron chi connectivity index (χ0n) is 15.4. The molecular weight excluding hydrogens is 409 g/mol. The number of halogens is 2. The number of hydrogen-bond donors (Lipinski definition) is 2. The van der Waals surface area contributed by atoms with Gasteiger partial charge in [-0.1, -0.05) is 29.8 Å². The van der Waals surface area contributed by atoms with Crippen molar-refractivity contribution < 1.29 is 24.2 Å². The highest BCUT2D eigenvalue weighted by atomic mass is 35.5. The minimum absolute atomic E-state index is 0.000779. The molecule has 7 heteroatoms. The van der Waals surface area contributed by atoms with Gasteiger partial charge in [-0.2, -0.15) is 0 Å². The van der Waals surface area contributed by atoms with E-state index in [9.17, 15) is 24.2 Å². The van der Waals surface area contributed by atoms with Crippen LogP contribution in [0.2, 0.25) is 5.02 Å². The average molecular weight is 424 g/mol. The number of benzene rings is 3. The van der Waals surface area contributed by atoms with E-state index in [4.69, 9.17) is 11.6 Å². The van der Waals surface area contributed by atoms with Crippen LogP contribution >= 0.6 is 11.6 Å². The molecule has 0 aromatic heterocycles. The van der Waals surface area contributed by atoms with Crippen molar-refractivity contribution in [3.05, 3.63) is 100 Å². The monoisotopic (exact) mass is 423 g/mol. The molecule has 1 atom stereocenters. The van der Waals surface area contributed by atoms with Crippen molar-refractivity contribution in [1.29, 1.82) is 0 Å². The Hall–Kier alpha value is -3.64. The summed E-state index contributed by atoms with van der Waals surface area (Å²) >= 11 is 5.90. The first-order valence-electron chi connectivity index (χ1n) is 8.98. The Kier molecular flexibility index (Phi) is 5.01. The molecule has 150 valence electrons. The lowest BCUT2D eigenvalue weighted by Crippen LogP contribution is -2.29. The number of hydrogen-bond acceptors (Lipinski definition) is 4. The van der Waals surface area contributed by atoms with Gasteiger partial charge in [0, 0.05) is 16.3 Å². The molecule has 4 rings (SSSR count). The Morgan fingerprint density at radius 1 is 0.967 bits per heavy atom. The quantitative estimate of drug-likeness (QED) is 0.360. The summed E-state index contributed by atoms with van der Waals surface area (Å²) in [7, 11) is 0. The predicted octanol–water partition coefficient (Wildman–Crippen LogP) is 4.81. The summed E-state index contributed by atoms with van der Waals surface area (Å²) in [5.41, 5.74) is 0.801. The summed E-state index contributed by atoms with van der Waals surface area (Å²) in [6.45, 7) is 0. The maximum absolute atomic E-state index is 13.9. The Bertz CT molecular complexity index is 1170. The number of carbonyl (C=O) groups is 2. The number of carbonyl (C=O) groups excluding carboxylic acids is 2. The van der Waals surface area contributed by atoms with Gasteiger partial charge in [0.25, 0.3) is 11.7 Å². The average Bonchev–Trinajstić information content (AvgIpc) is 2.99. The first-order chi connectivity index (χ1) is 14.4. The van der Waals surface area contributed by atoms with E-state index in [-0.39, 0.29) is 22.8 Å². The minimum Gasteiger partial charge on any atom is -0.508 e. The van der Waals surface area contributed by atoms with Crippen molar-refractivity contribution in [1.82, 2.24) is 0 Å². The molecular formula is C23H15ClFNO4. The van der Waals surface area contributed by atoms with Gasteiger partial charge in [-0.3, -0.25) is 14.5 Å². The van der Waals surface area contributed by atoms with Crippen LogP contribution in [0.15, 0.2) is 78.4 Å². The van der Waals surface area contributed by atoms with Gasteiger partial charge in [0.1, 0.15) is 17.3 Å². The predicted molar refractivity (Wildman–Crippen MR) is 111 cm³/mol. The Morgan fingerprint density at radius 2 is 1.63 bits per heavy atom. The van der Waals surface area contributed by atoms with E-state index in [2.05, 4.69) is 0 Å². The number of Topliss-reactive ketones (excluding diaryl/α,β-unsaturated/α-hetero) is 1. The van der Waals surface area contributed by atoms with Gasteiger partial charge in [0.05, 0.1) is 11.6 Å². The first-order valence-corrected chi connectivity index (χ1v) is 9.36. The molecule has 2 N–H and O–H groups in total. The van der Waals surface area contributed by atoms with Crippen LogP contribution in [0.25, 0.3) is 5.76 Å². The molecule has 0 spiro atoms. The zero-order chi connectivity index (χ0) is 21.4. The van der Waals surface area contributed by atoms with E-state index in [1.807, 2.05) is 0 Å². The van der Waals surface area contributed by atoms with Gasteiger partial charge in [-0.05, 0) is 60.2 Å². The van der Waals surface area contributed by atoms with E-state index in [0.29, 0.717) is 16.1 Å². The number of phenolic OH excluding ortho intramolecular Hbond substituents is 1. The molecule has 0 bridgehead atoms. The van der Waals surface area contributed by atoms with Crippen LogP contribution in [0.1, 0.15) is 17.2 Å². The smallest absolute Gasteiger partial charge is 0.300 e. The maximum atomic E-state index is 13.9. The maximum Gasteiger partial charge on any atom is 0.300 e. The van der Waals surface area contributed by atoms with Crippen molar-refractivity contribution in [2.75, 3.05) is 4.90 Å². The number of aromatic hydroxyl groups is 1. The summed E-state index contributed by atoms with van der Waals surface area (Å²) in [6, 6.07) is 16.3. The molecule has 0 aliphatic carbocycles. The number of phenols is 1. The summed E-state index contributed by atoms with van der Waals surface area (Å²) in [5, 5.41) is 21.0. The van der Waals surface area contributed by atoms with Crippen LogP contribution in [-0.2, 0) is 9.59 Å². The van der Waals surface area contributed by atoms with Gasteiger partial charge in [0.2, 0.25) is 0 Å². The van der Waals surface area contributed by atoms with Crippen molar-refractivity contribution >= 4 is 34.7 Å². The van der Waals surface area contributed by atoms with Crippen LogP contribution in [-0.4, -0.2) is 21.9 Å². The van der Waals surface area contributed by atoms with Gasteiger partial charge < -0.3 is 10.2 Å². The lowest BCUT2D eigenvalue weighted by Gasteiger charge is -2.25. The second-order valence-corrected chi connectivity index (χ2v) is 7.18. The molecule has 1 heterocycles. The van der Waals surface area contributed by atoms with Crippen LogP contribution in [0, 0.1) is 5.82 Å². The molecule has 1 aliphatic rings. The lowest BCUT2D eigenvalue weighted by molar-refractivity contribution is -0.132. The normalized spacial score (nSPS) is 18.1. The molecule has 1 unspecified atom stereocenters. The van der Waals surface area contributed by atoms with E-state index in [1.54, 1.807) is 12.1 Å². The van der Waals surface area contributed by atoms with E-state index in [1.165, 1.54) is 54.6 Å². The van der Waals surface area contributed by atoms with Gasteiger partial charge in [-0.15, -0.1) is 0 Å². The fourth-order valence-corrected chi connectivity index (χ4v) is 3.59. The third kappa shape index (κ3) is 3.42. The second-order valence-electron chi connectivity index (χ2n) is 6.75. The van der Waals surface area contributed by atoms with E-state index >= 15 is 0 Å². The largest absolute Gasteiger partial charge is 0.508 e. The van der Waals surface area contributed by atoms with Crippen LogP contribution in [0.3, 0.4) is 0 Å². The molecule has 0 radical (unpaired) electrons. The summed E-state index contributed by atoms with van der Waals surface area (Å²) in [5.74, 6) is -2.74. The van der Waals surface area contributed by atoms with Gasteiger partial charge >= 0.3 is 0 Å². The van der Waals surface area contributed by atoms with Gasteiger partial charge in [-0.25, -0.2) is 4.39 Å². The molecule has 1 amide bonds. The Morgan fingerprint density at radius 3 is 2.27 bits per heavy atom. The van der Waals surface area contributed by atoms with Crippen LogP contribution in [0.4, 0.5) is 10.1 Å². The molecule has 3 aromatic rings. The number of ketones is 1. The third-order valence-corrected chi connectivity index (χ3v) is 5.11. The number of anilines is 1. The Labute approximate surface area is 176 Å². The highest BCUT2D eigenvalue weighted by molar-refractivity contribution is 6.51. The highest BCUT2D eigenvalue weighted by Crippen LogP contribution is 2.42. The number of rotatable bonds is 3. The highest BCUT2D eigenvalue weighted by Gasteiger charge is 2.47. The molecule has 0 saturated carbocycles. The summed E-state index contributed by atoms with van der Waals surface area (Å²) < 4.78 is 13.9. The van der Waals surface area contributed by atoms with Crippen molar-refractivity contribution in [3.8, 4) is 5.75 Å². The summed E-state index contributed by atoms with van der Waals surface area (Å²) in [4.78, 5) is 27.0. The number of aliphatic hydroxyl groups is 1. The zero-order valence-corrected chi connectivity index (χ0v) is 16.2. The first kappa shape index (κ1) is 19.7. The van der Waals surface area contributed by atoms with E-state index < -0.39 is 23.5 Å². The topological polar surface area (TPSA) is 77.8 Å². The summed E-state index contributed by atoms with van der Waals surface area (Å²) in [6.07, 6.45) is 0. The number of nitrogens with zero attached hydrogens (tertiary/aromatic N) is 1. The molecule has 1 aliphatic heterocycles. The van der Waals surface area contributed by atoms with Crippen molar-refractivity contribution in [2.45, 2.75) is 6.04 Å². The van der Waals surface area contributed by atoms with Crippen LogP contribution < -0.4 is 4.90 Å². The molecule has 3 aromatic carbocycles. The lowest BCUT2D eigenvalue weighted by atomic mass is 9.95. The molecule has 1 saturated heterocycles. The third-order valence-electron chi connectivity index (χ3n) is 4.86. The molecule has 1 fully saturated rings. The standard InChI is InChI=1S/C23H15ClFNO4/c24-15-8-4-14(5-9-15)21(28)19-20(13-6-10-18(27)11-7-13)26(23(30)22(19)29)17-3-1-2-16(25)12-17/h1-12,20,27-28H/b21-19+. The number of amides is 1. The molecule has 5 nitrogen and oxygen atoms in total. The minimum atomic E-state index is -1.01. The van der Waals surface area contributed by atoms with Crippen molar-refractivity contribution in [3.63, 3.8) is 0 Å². The second kappa shape index (κ2) is 7.65. The SMILES string of the molecule is O=C1C(=O)N(c2cccc(F)c2)C(c2ccc(O)cc2)/C1=C(\O)c1ccc(Cl)cc1. The van der Waals surface area contributed by atoms with Crippen LogP contribution in [0.5, 0.6) is 5.75 Å². The van der Waals surface area contributed by atoms with E-state index in [0.717, 1.165) is 11.0 Å².